The summed E-state index contributed by atoms with van der Waals surface area (Å²) < 4.78 is 14.7. The summed E-state index contributed by atoms with van der Waals surface area (Å²) in [6.45, 7) is 12.4. The van der Waals surface area contributed by atoms with Crippen LogP contribution in [-0.2, 0) is 6.54 Å². The first-order valence-corrected chi connectivity index (χ1v) is 12.3. The Bertz CT molecular complexity index is 1190. The number of aromatic nitrogens is 4. The zero-order chi connectivity index (χ0) is 25.7. The molecule has 0 saturated carbocycles. The standard InChI is InChI=1S/C26H34FN9/c1-5-35-8-10-36(11-9-35)16-18-6-7-22(30-13-18)33-26-32-15-21(27)24(34-26)19-12-20(23(28)17(2)3)25(29-4)31-14-19/h6-7,12-15,17,28H,5,8-11,16H2,1-4H3,(H,29,31)(H,30,32,33,34). The third-order valence-electron chi connectivity index (χ3n) is 6.39. The maximum absolute atomic E-state index is 14.7. The summed E-state index contributed by atoms with van der Waals surface area (Å²) in [4.78, 5) is 22.3. The SMILES string of the molecule is CCN1CCN(Cc2ccc(Nc3ncc(F)c(-c4cnc(NC)c(C(=N)C(C)C)c4)n3)nc2)CC1. The Morgan fingerprint density at radius 2 is 1.81 bits per heavy atom. The van der Waals surface area contributed by atoms with Crippen LogP contribution in [0.25, 0.3) is 11.3 Å². The van der Waals surface area contributed by atoms with Crippen LogP contribution in [0.5, 0.6) is 0 Å². The summed E-state index contributed by atoms with van der Waals surface area (Å²) in [6.07, 6.45) is 4.53. The number of halogens is 1. The zero-order valence-electron chi connectivity index (χ0n) is 21.3. The molecule has 10 heteroatoms. The van der Waals surface area contributed by atoms with E-state index in [9.17, 15) is 4.39 Å². The molecule has 1 aliphatic heterocycles. The monoisotopic (exact) mass is 491 g/mol. The van der Waals surface area contributed by atoms with E-state index < -0.39 is 5.82 Å². The van der Waals surface area contributed by atoms with E-state index in [4.69, 9.17) is 5.41 Å². The highest BCUT2D eigenvalue weighted by Crippen LogP contribution is 2.26. The molecule has 4 heterocycles. The molecule has 1 fully saturated rings. The van der Waals surface area contributed by atoms with Gasteiger partial charge in [-0.25, -0.2) is 24.3 Å². The number of pyridine rings is 2. The van der Waals surface area contributed by atoms with Crippen molar-refractivity contribution in [3.05, 3.63) is 53.7 Å². The number of hydrogen-bond acceptors (Lipinski definition) is 9. The molecule has 0 unspecified atom stereocenters. The lowest BCUT2D eigenvalue weighted by Gasteiger charge is -2.33. The highest BCUT2D eigenvalue weighted by molar-refractivity contribution is 6.04. The second-order valence-electron chi connectivity index (χ2n) is 9.22. The highest BCUT2D eigenvalue weighted by Gasteiger charge is 2.18. The molecule has 9 nitrogen and oxygen atoms in total. The lowest BCUT2D eigenvalue weighted by atomic mass is 9.98. The van der Waals surface area contributed by atoms with Crippen LogP contribution < -0.4 is 10.6 Å². The number of hydrogen-bond donors (Lipinski definition) is 3. The fourth-order valence-corrected chi connectivity index (χ4v) is 4.17. The van der Waals surface area contributed by atoms with Gasteiger partial charge in [-0.05, 0) is 30.2 Å². The average molecular weight is 492 g/mol. The van der Waals surface area contributed by atoms with Crippen molar-refractivity contribution >= 4 is 23.3 Å². The average Bonchev–Trinajstić information content (AvgIpc) is 2.90. The third kappa shape index (κ3) is 6.00. The smallest absolute Gasteiger partial charge is 0.229 e. The van der Waals surface area contributed by atoms with Gasteiger partial charge in [0.15, 0.2) is 5.82 Å². The quantitative estimate of drug-likeness (QED) is 0.386. The Morgan fingerprint density at radius 1 is 1.06 bits per heavy atom. The van der Waals surface area contributed by atoms with E-state index >= 15 is 0 Å². The van der Waals surface area contributed by atoms with Gasteiger partial charge in [0.25, 0.3) is 0 Å². The number of nitrogens with one attached hydrogen (secondary N) is 3. The van der Waals surface area contributed by atoms with Crippen LogP contribution in [0.1, 0.15) is 31.9 Å². The van der Waals surface area contributed by atoms with Gasteiger partial charge in [-0.15, -0.1) is 0 Å². The third-order valence-corrected chi connectivity index (χ3v) is 6.39. The van der Waals surface area contributed by atoms with Crippen LogP contribution in [0.15, 0.2) is 36.8 Å². The molecular formula is C26H34FN9. The topological polar surface area (TPSA) is 106 Å². The largest absolute Gasteiger partial charge is 0.373 e. The predicted octanol–water partition coefficient (Wildman–Crippen LogP) is 4.02. The van der Waals surface area contributed by atoms with Gasteiger partial charge >= 0.3 is 0 Å². The number of rotatable bonds is 9. The van der Waals surface area contributed by atoms with E-state index in [0.717, 1.165) is 51.0 Å². The molecule has 4 rings (SSSR count). The molecule has 190 valence electrons. The second kappa shape index (κ2) is 11.5. The second-order valence-corrected chi connectivity index (χ2v) is 9.22. The van der Waals surface area contributed by atoms with Gasteiger partial charge in [0.2, 0.25) is 5.95 Å². The maximum atomic E-state index is 14.7. The molecule has 0 aromatic carbocycles. The molecule has 0 bridgehead atoms. The van der Waals surface area contributed by atoms with Crippen molar-refractivity contribution in [2.45, 2.75) is 27.3 Å². The summed E-state index contributed by atoms with van der Waals surface area (Å²) in [7, 11) is 1.75. The Balaban J connectivity index is 1.48. The van der Waals surface area contributed by atoms with E-state index in [1.165, 1.54) is 0 Å². The van der Waals surface area contributed by atoms with E-state index in [-0.39, 0.29) is 17.6 Å². The normalized spacial score (nSPS) is 14.7. The summed E-state index contributed by atoms with van der Waals surface area (Å²) >= 11 is 0. The van der Waals surface area contributed by atoms with Crippen molar-refractivity contribution < 1.29 is 4.39 Å². The van der Waals surface area contributed by atoms with Gasteiger partial charge in [0, 0.05) is 69.0 Å². The highest BCUT2D eigenvalue weighted by atomic mass is 19.1. The Hall–Kier alpha value is -3.50. The molecule has 0 atom stereocenters. The molecular weight excluding hydrogens is 457 g/mol. The predicted molar refractivity (Wildman–Crippen MR) is 141 cm³/mol. The molecule has 3 aromatic heterocycles. The molecule has 3 N–H and O–H groups in total. The molecule has 0 spiro atoms. The first kappa shape index (κ1) is 25.6. The van der Waals surface area contributed by atoms with E-state index in [2.05, 4.69) is 47.3 Å². The van der Waals surface area contributed by atoms with Crippen LogP contribution >= 0.6 is 0 Å². The van der Waals surface area contributed by atoms with Gasteiger partial charge in [-0.1, -0.05) is 26.8 Å². The molecule has 1 aliphatic rings. The first-order valence-electron chi connectivity index (χ1n) is 12.3. The summed E-state index contributed by atoms with van der Waals surface area (Å²) in [5.41, 5.74) is 2.76. The number of anilines is 3. The maximum Gasteiger partial charge on any atom is 0.229 e. The van der Waals surface area contributed by atoms with Crippen LogP contribution in [0.3, 0.4) is 0 Å². The van der Waals surface area contributed by atoms with Gasteiger partial charge < -0.3 is 20.9 Å². The van der Waals surface area contributed by atoms with Crippen molar-refractivity contribution in [2.24, 2.45) is 5.92 Å². The molecule has 3 aromatic rings. The molecule has 1 saturated heterocycles. The summed E-state index contributed by atoms with van der Waals surface area (Å²) in [5, 5.41) is 14.5. The molecule has 0 aliphatic carbocycles. The van der Waals surface area contributed by atoms with Crippen LogP contribution in [0, 0.1) is 17.1 Å². The Labute approximate surface area is 211 Å². The number of nitrogens with zero attached hydrogens (tertiary/aromatic N) is 6. The van der Waals surface area contributed by atoms with Gasteiger partial charge in [-0.2, -0.15) is 0 Å². The van der Waals surface area contributed by atoms with E-state index in [1.807, 2.05) is 32.2 Å². The van der Waals surface area contributed by atoms with Crippen molar-refractivity contribution in [1.82, 2.24) is 29.7 Å². The van der Waals surface area contributed by atoms with E-state index in [0.29, 0.717) is 28.5 Å². The first-order chi connectivity index (χ1) is 17.4. The van der Waals surface area contributed by atoms with Crippen molar-refractivity contribution in [3.63, 3.8) is 0 Å². The summed E-state index contributed by atoms with van der Waals surface area (Å²) in [5.74, 6) is 0.824. The van der Waals surface area contributed by atoms with Crippen molar-refractivity contribution in [1.29, 1.82) is 5.41 Å². The van der Waals surface area contributed by atoms with Gasteiger partial charge in [-0.3, -0.25) is 4.90 Å². The number of likely N-dealkylation sites (N-methyl/N-ethyl adjacent to an activating group) is 1. The lowest BCUT2D eigenvalue weighted by Crippen LogP contribution is -2.45. The van der Waals surface area contributed by atoms with Gasteiger partial charge in [0.05, 0.1) is 6.20 Å². The van der Waals surface area contributed by atoms with Crippen molar-refractivity contribution in [2.75, 3.05) is 50.4 Å². The minimum atomic E-state index is -0.562. The molecule has 36 heavy (non-hydrogen) atoms. The van der Waals surface area contributed by atoms with Crippen LogP contribution in [0.2, 0.25) is 0 Å². The fraction of sp³-hybridized carbons (Fsp3) is 0.423. The lowest BCUT2D eigenvalue weighted by molar-refractivity contribution is 0.132. The minimum absolute atomic E-state index is 0.00313. The fourth-order valence-electron chi connectivity index (χ4n) is 4.17. The Kier molecular flexibility index (Phi) is 8.17. The van der Waals surface area contributed by atoms with E-state index in [1.54, 1.807) is 19.3 Å². The molecule has 0 amide bonds. The zero-order valence-corrected chi connectivity index (χ0v) is 21.3. The minimum Gasteiger partial charge on any atom is -0.373 e. The number of piperazine rings is 1. The molecule has 0 radical (unpaired) electrons. The Morgan fingerprint density at radius 3 is 2.44 bits per heavy atom. The van der Waals surface area contributed by atoms with Crippen molar-refractivity contribution in [3.8, 4) is 11.3 Å². The van der Waals surface area contributed by atoms with Crippen LogP contribution in [-0.4, -0.2) is 75.2 Å². The van der Waals surface area contributed by atoms with Crippen LogP contribution in [0.4, 0.5) is 22.0 Å². The van der Waals surface area contributed by atoms with Gasteiger partial charge in [0.1, 0.15) is 17.3 Å². The summed E-state index contributed by atoms with van der Waals surface area (Å²) in [6, 6.07) is 5.66.